The van der Waals surface area contributed by atoms with E-state index >= 15 is 0 Å². The number of hydrogen-bond donors (Lipinski definition) is 0. The van der Waals surface area contributed by atoms with Gasteiger partial charge >= 0.3 is 0 Å². The second-order valence-corrected chi connectivity index (χ2v) is 17.2. The molecule has 0 N–H and O–H groups in total. The molecule has 0 amide bonds. The Morgan fingerprint density at radius 1 is 0.444 bits per heavy atom. The third-order valence-corrected chi connectivity index (χ3v) is 14.7. The lowest BCUT2D eigenvalue weighted by atomic mass is 9.41. The second-order valence-electron chi connectivity index (χ2n) is 17.2. The Morgan fingerprint density at radius 3 is 1.17 bits per heavy atom. The molecule has 12 fully saturated rings. The van der Waals surface area contributed by atoms with Crippen molar-refractivity contribution < 1.29 is 0 Å². The van der Waals surface area contributed by atoms with Crippen LogP contribution in [0.25, 0.3) is 0 Å². The molecule has 1 aromatic rings. The Kier molecular flexibility index (Phi) is 4.02. The van der Waals surface area contributed by atoms with Gasteiger partial charge in [-0.3, -0.25) is 0 Å². The molecular weight excluding hydrogens is 432 g/mol. The normalized spacial score (nSPS) is 57.2. The molecule has 0 heteroatoms. The van der Waals surface area contributed by atoms with E-state index in [2.05, 4.69) is 18.2 Å². The van der Waals surface area contributed by atoms with Gasteiger partial charge in [0, 0.05) is 0 Å². The van der Waals surface area contributed by atoms with Crippen LogP contribution >= 0.6 is 0 Å². The van der Waals surface area contributed by atoms with E-state index in [1.165, 1.54) is 19.3 Å². The molecule has 0 unspecified atom stereocenters. The third kappa shape index (κ3) is 2.74. The summed E-state index contributed by atoms with van der Waals surface area (Å²) in [4.78, 5) is 0. The minimum Gasteiger partial charge on any atom is -0.0575 e. The summed E-state index contributed by atoms with van der Waals surface area (Å²) in [5, 5.41) is 0. The second kappa shape index (κ2) is 6.86. The Labute approximate surface area is 219 Å². The summed E-state index contributed by atoms with van der Waals surface area (Å²) in [6.07, 6.45) is 28.0. The first-order valence-electron chi connectivity index (χ1n) is 16.6. The van der Waals surface area contributed by atoms with Gasteiger partial charge in [0.25, 0.3) is 0 Å². The first kappa shape index (κ1) is 21.1. The van der Waals surface area contributed by atoms with Crippen LogP contribution in [0.1, 0.15) is 132 Å². The van der Waals surface area contributed by atoms with Crippen molar-refractivity contribution in [1.29, 1.82) is 0 Å². The fraction of sp³-hybridized carbons (Fsp3) is 0.833. The van der Waals surface area contributed by atoms with Crippen LogP contribution in [0.15, 0.2) is 12.1 Å². The van der Waals surface area contributed by atoms with Crippen molar-refractivity contribution >= 4 is 0 Å². The topological polar surface area (TPSA) is 0 Å². The Bertz CT molecular complexity index is 935. The fourth-order valence-corrected chi connectivity index (χ4v) is 15.2. The summed E-state index contributed by atoms with van der Waals surface area (Å²) in [7, 11) is 0. The number of benzene rings is 1. The van der Waals surface area contributed by atoms with Crippen LogP contribution in [0.5, 0.6) is 0 Å². The van der Waals surface area contributed by atoms with E-state index in [0.29, 0.717) is 16.2 Å². The van der Waals surface area contributed by atoms with Gasteiger partial charge in [-0.2, -0.15) is 0 Å². The quantitative estimate of drug-likeness (QED) is 0.406. The molecule has 12 saturated carbocycles. The lowest BCUT2D eigenvalue weighted by Crippen LogP contribution is -2.54. The van der Waals surface area contributed by atoms with Gasteiger partial charge in [-0.05, 0) is 208 Å². The lowest BCUT2D eigenvalue weighted by Gasteiger charge is -2.63. The first-order valence-corrected chi connectivity index (χ1v) is 16.6. The van der Waals surface area contributed by atoms with Crippen molar-refractivity contribution in [3.8, 4) is 0 Å². The average Bonchev–Trinajstić information content (AvgIpc) is 2.81. The van der Waals surface area contributed by atoms with Gasteiger partial charge in [-0.1, -0.05) is 12.1 Å². The van der Waals surface area contributed by atoms with Gasteiger partial charge in [0.15, 0.2) is 0 Å². The first-order chi connectivity index (χ1) is 17.6. The molecule has 0 heterocycles. The van der Waals surface area contributed by atoms with Crippen LogP contribution in [-0.4, -0.2) is 0 Å². The van der Waals surface area contributed by atoms with Gasteiger partial charge in [0.05, 0.1) is 0 Å². The highest BCUT2D eigenvalue weighted by Crippen LogP contribution is 2.69. The van der Waals surface area contributed by atoms with E-state index in [1.54, 1.807) is 96.3 Å². The Balaban J connectivity index is 1.20. The van der Waals surface area contributed by atoms with Gasteiger partial charge in [-0.25, -0.2) is 0 Å². The molecule has 191 valence electrons. The van der Waals surface area contributed by atoms with Crippen molar-refractivity contribution in [3.63, 3.8) is 0 Å². The number of rotatable bonds is 3. The molecule has 1 radical (unpaired) electrons. The summed E-state index contributed by atoms with van der Waals surface area (Å²) >= 11 is 0. The molecule has 0 spiro atoms. The van der Waals surface area contributed by atoms with Crippen molar-refractivity contribution in [1.82, 2.24) is 0 Å². The third-order valence-electron chi connectivity index (χ3n) is 14.7. The summed E-state index contributed by atoms with van der Waals surface area (Å²) < 4.78 is 0. The molecule has 0 saturated heterocycles. The van der Waals surface area contributed by atoms with Crippen LogP contribution in [0, 0.1) is 59.3 Å². The van der Waals surface area contributed by atoms with Gasteiger partial charge in [-0.15, -0.1) is 0 Å². The maximum atomic E-state index is 4.19. The zero-order chi connectivity index (χ0) is 23.3. The molecule has 1 aromatic carbocycles. The zero-order valence-corrected chi connectivity index (χ0v) is 22.6. The predicted molar refractivity (Wildman–Crippen MR) is 145 cm³/mol. The van der Waals surface area contributed by atoms with Crippen LogP contribution in [0.2, 0.25) is 0 Å². The SMILES string of the molecule is [c]1ccc(C23CC4CC(CC(C4)C2)C3)c(C23CC4CC(CC(C4)C2)C3)c1C12CC3CC(CC(C3)C1)C2. The predicted octanol–water partition coefficient (Wildman–Crippen LogP) is 8.89. The Hall–Kier alpha value is -0.780. The lowest BCUT2D eigenvalue weighted by molar-refractivity contribution is -0.0244. The smallest absolute Gasteiger partial charge is 0.00299 e. The summed E-state index contributed by atoms with van der Waals surface area (Å²) in [6.45, 7) is 0. The van der Waals surface area contributed by atoms with Gasteiger partial charge in [0.2, 0.25) is 0 Å². The molecule has 12 aliphatic carbocycles. The highest BCUT2D eigenvalue weighted by Gasteiger charge is 2.60. The maximum absolute atomic E-state index is 4.19. The molecule has 13 rings (SSSR count). The summed E-state index contributed by atoms with van der Waals surface area (Å²) in [5.41, 5.74) is 7.41. The van der Waals surface area contributed by atoms with E-state index in [0.717, 1.165) is 53.3 Å². The largest absolute Gasteiger partial charge is 0.0575 e. The van der Waals surface area contributed by atoms with E-state index in [1.807, 2.05) is 16.7 Å². The Morgan fingerprint density at radius 2 is 0.778 bits per heavy atom. The summed E-state index contributed by atoms with van der Waals surface area (Å²) in [6, 6.07) is 9.40. The van der Waals surface area contributed by atoms with E-state index in [-0.39, 0.29) is 0 Å². The van der Waals surface area contributed by atoms with Gasteiger partial charge < -0.3 is 0 Å². The molecule has 0 aliphatic heterocycles. The van der Waals surface area contributed by atoms with Crippen molar-refractivity contribution in [2.45, 2.75) is 132 Å². The van der Waals surface area contributed by atoms with Crippen LogP contribution in [-0.2, 0) is 16.2 Å². The standard InChI is InChI=1S/C36H47/c1-2-31(34-13-22-4-23(14-34)6-24(5-22)15-34)33(36-19-28-10-29(20-36)12-30(11-28)21-36)32(3-1)35-16-25-7-26(17-35)9-27(8-25)18-35/h1-2,22-30H,4-21H2. The zero-order valence-electron chi connectivity index (χ0n) is 22.6. The maximum Gasteiger partial charge on any atom is -0.00299 e. The molecule has 12 aliphatic rings. The molecule has 36 heavy (non-hydrogen) atoms. The van der Waals surface area contributed by atoms with E-state index < -0.39 is 0 Å². The van der Waals surface area contributed by atoms with Crippen LogP contribution < -0.4 is 0 Å². The minimum atomic E-state index is 0.506. The van der Waals surface area contributed by atoms with Crippen LogP contribution in [0.4, 0.5) is 0 Å². The highest BCUT2D eigenvalue weighted by atomic mass is 14.6. The fourth-order valence-electron chi connectivity index (χ4n) is 15.2. The van der Waals surface area contributed by atoms with E-state index in [4.69, 9.17) is 0 Å². The summed E-state index contributed by atoms with van der Waals surface area (Å²) in [5.74, 6) is 9.40. The molecule has 12 bridgehead atoms. The van der Waals surface area contributed by atoms with E-state index in [9.17, 15) is 0 Å². The number of hydrogen-bond acceptors (Lipinski definition) is 0. The van der Waals surface area contributed by atoms with Crippen molar-refractivity contribution in [3.05, 3.63) is 34.9 Å². The van der Waals surface area contributed by atoms with Crippen LogP contribution in [0.3, 0.4) is 0 Å². The monoisotopic (exact) mass is 479 g/mol. The van der Waals surface area contributed by atoms with Crippen molar-refractivity contribution in [2.24, 2.45) is 53.3 Å². The molecule has 0 aromatic heterocycles. The molecule has 0 atom stereocenters. The molecule has 0 nitrogen and oxygen atoms in total. The van der Waals surface area contributed by atoms with Gasteiger partial charge in [0.1, 0.15) is 0 Å². The highest BCUT2D eigenvalue weighted by molar-refractivity contribution is 5.51. The van der Waals surface area contributed by atoms with Crippen molar-refractivity contribution in [2.75, 3.05) is 0 Å². The average molecular weight is 480 g/mol. The molecular formula is C36H47. The minimum absolute atomic E-state index is 0.506.